The van der Waals surface area contributed by atoms with E-state index in [2.05, 4.69) is 30.7 Å². The van der Waals surface area contributed by atoms with Gasteiger partial charge in [-0.15, -0.1) is 0 Å². The topological polar surface area (TPSA) is 100 Å². The van der Waals surface area contributed by atoms with Crippen LogP contribution in [0.15, 0.2) is 41.4 Å². The fourth-order valence-electron chi connectivity index (χ4n) is 4.92. The smallest absolute Gasteiger partial charge is 0.407 e. The summed E-state index contributed by atoms with van der Waals surface area (Å²) < 4.78 is 29.7. The molecule has 184 valence electrons. The number of sulfone groups is 1. The molecule has 9 heteroatoms. The second kappa shape index (κ2) is 9.09. The third kappa shape index (κ3) is 5.14. The Morgan fingerprint density at radius 2 is 1.97 bits per heavy atom. The number of hydrogen-bond donors (Lipinski definition) is 1. The first-order chi connectivity index (χ1) is 15.9. The summed E-state index contributed by atoms with van der Waals surface area (Å²) in [6.07, 6.45) is 4.41. The highest BCUT2D eigenvalue weighted by molar-refractivity contribution is 7.90. The molecule has 0 bridgehead atoms. The normalized spacial score (nSPS) is 20.8. The molecule has 34 heavy (non-hydrogen) atoms. The predicted octanol–water partition coefficient (Wildman–Crippen LogP) is 4.36. The summed E-state index contributed by atoms with van der Waals surface area (Å²) in [4.78, 5) is 20.2. The molecule has 0 aliphatic carbocycles. The minimum absolute atomic E-state index is 0.0358. The van der Waals surface area contributed by atoms with Crippen LogP contribution in [0.4, 0.5) is 16.3 Å². The van der Waals surface area contributed by atoms with E-state index in [-0.39, 0.29) is 17.4 Å². The number of carbonyl (C=O) groups is 1. The van der Waals surface area contributed by atoms with Gasteiger partial charge in [-0.05, 0) is 66.5 Å². The number of amides is 1. The third-order valence-electron chi connectivity index (χ3n) is 6.81. The van der Waals surface area contributed by atoms with E-state index in [1.807, 2.05) is 18.2 Å². The van der Waals surface area contributed by atoms with Crippen LogP contribution in [0.1, 0.15) is 39.2 Å². The summed E-state index contributed by atoms with van der Waals surface area (Å²) in [5, 5.41) is 9.55. The Morgan fingerprint density at radius 3 is 2.59 bits per heavy atom. The quantitative estimate of drug-likeness (QED) is 0.669. The van der Waals surface area contributed by atoms with Crippen LogP contribution in [-0.4, -0.2) is 61.5 Å². The Balaban J connectivity index is 1.39. The number of ether oxygens (including phenoxy) is 1. The maximum absolute atomic E-state index is 11.8. The summed E-state index contributed by atoms with van der Waals surface area (Å²) in [6.45, 7) is 8.04. The second-order valence-corrected chi connectivity index (χ2v) is 12.4. The minimum atomic E-state index is -3.23. The number of hydrogen-bond acceptors (Lipinski definition) is 6. The van der Waals surface area contributed by atoms with Gasteiger partial charge in [0.1, 0.15) is 11.6 Å². The summed E-state index contributed by atoms with van der Waals surface area (Å²) in [6, 6.07) is 9.03. The van der Waals surface area contributed by atoms with Crippen molar-refractivity contribution in [1.29, 1.82) is 0 Å². The average molecular weight is 488 g/mol. The molecule has 2 aliphatic heterocycles. The molecule has 2 aromatic rings. The SMILES string of the molecule is CC(C)(C)C1CC(COc2ccc(N3CCc4cc(S(C)(=O)=O)ccc43)nc2)CCN1C(=O)O. The van der Waals surface area contributed by atoms with Crippen molar-refractivity contribution in [3.63, 3.8) is 0 Å². The maximum Gasteiger partial charge on any atom is 0.407 e. The second-order valence-electron chi connectivity index (χ2n) is 10.4. The highest BCUT2D eigenvalue weighted by atomic mass is 32.2. The number of benzene rings is 1. The van der Waals surface area contributed by atoms with Crippen LogP contribution in [0.5, 0.6) is 5.75 Å². The Hall–Kier alpha value is -2.81. The number of carboxylic acid groups (broad SMARTS) is 1. The lowest BCUT2D eigenvalue weighted by Gasteiger charge is -2.44. The van der Waals surface area contributed by atoms with Gasteiger partial charge in [0.25, 0.3) is 0 Å². The lowest BCUT2D eigenvalue weighted by atomic mass is 9.77. The maximum atomic E-state index is 11.8. The van der Waals surface area contributed by atoms with Crippen molar-refractivity contribution in [2.75, 3.05) is 30.9 Å². The fourth-order valence-corrected chi connectivity index (χ4v) is 5.59. The van der Waals surface area contributed by atoms with Gasteiger partial charge in [-0.3, -0.25) is 0 Å². The lowest BCUT2D eigenvalue weighted by molar-refractivity contribution is 0.0302. The van der Waals surface area contributed by atoms with Crippen LogP contribution in [0.2, 0.25) is 0 Å². The van der Waals surface area contributed by atoms with Gasteiger partial charge in [0.15, 0.2) is 9.84 Å². The molecular weight excluding hydrogens is 454 g/mol. The number of rotatable bonds is 5. The van der Waals surface area contributed by atoms with Gasteiger partial charge in [0.2, 0.25) is 0 Å². The molecule has 1 saturated heterocycles. The molecule has 1 fully saturated rings. The highest BCUT2D eigenvalue weighted by Crippen LogP contribution is 2.36. The largest absolute Gasteiger partial charge is 0.492 e. The molecule has 8 nitrogen and oxygen atoms in total. The number of likely N-dealkylation sites (tertiary alicyclic amines) is 1. The number of nitrogens with zero attached hydrogens (tertiary/aromatic N) is 3. The number of pyridine rings is 1. The molecule has 2 aliphatic rings. The summed E-state index contributed by atoms with van der Waals surface area (Å²) in [5.41, 5.74) is 1.85. The Bertz CT molecular complexity index is 1160. The number of anilines is 2. The molecule has 0 radical (unpaired) electrons. The molecule has 1 aromatic carbocycles. The molecular formula is C25H33N3O5S. The van der Waals surface area contributed by atoms with Gasteiger partial charge >= 0.3 is 6.09 Å². The molecule has 4 rings (SSSR count). The summed E-state index contributed by atoms with van der Waals surface area (Å²) in [7, 11) is -3.23. The lowest BCUT2D eigenvalue weighted by Crippen LogP contribution is -2.52. The average Bonchev–Trinajstić information content (AvgIpc) is 3.20. The zero-order valence-electron chi connectivity index (χ0n) is 20.2. The summed E-state index contributed by atoms with van der Waals surface area (Å²) in [5.74, 6) is 1.76. The van der Waals surface area contributed by atoms with Gasteiger partial charge in [0.05, 0.1) is 17.7 Å². The monoisotopic (exact) mass is 487 g/mol. The van der Waals surface area contributed by atoms with E-state index in [9.17, 15) is 18.3 Å². The van der Waals surface area contributed by atoms with Crippen molar-refractivity contribution < 1.29 is 23.1 Å². The van der Waals surface area contributed by atoms with E-state index < -0.39 is 15.9 Å². The van der Waals surface area contributed by atoms with Crippen molar-refractivity contribution in [2.24, 2.45) is 11.3 Å². The van der Waals surface area contributed by atoms with Crippen LogP contribution < -0.4 is 9.64 Å². The van der Waals surface area contributed by atoms with Crippen LogP contribution in [-0.2, 0) is 16.3 Å². The van der Waals surface area contributed by atoms with E-state index >= 15 is 0 Å². The number of aromatic nitrogens is 1. The first-order valence-corrected chi connectivity index (χ1v) is 13.5. The Labute approximate surface area is 201 Å². The van der Waals surface area contributed by atoms with Gasteiger partial charge in [-0.25, -0.2) is 18.2 Å². The van der Waals surface area contributed by atoms with Crippen LogP contribution in [0.25, 0.3) is 0 Å². The molecule has 2 atom stereocenters. The number of piperidine rings is 1. The molecule has 1 amide bonds. The van der Waals surface area contributed by atoms with Gasteiger partial charge in [-0.1, -0.05) is 20.8 Å². The van der Waals surface area contributed by atoms with Crippen molar-refractivity contribution in [3.05, 3.63) is 42.1 Å². The summed E-state index contributed by atoms with van der Waals surface area (Å²) >= 11 is 0. The molecule has 3 heterocycles. The van der Waals surface area contributed by atoms with E-state index in [0.717, 1.165) is 42.9 Å². The molecule has 2 unspecified atom stereocenters. The van der Waals surface area contributed by atoms with Gasteiger partial charge < -0.3 is 19.6 Å². The van der Waals surface area contributed by atoms with Crippen molar-refractivity contribution in [3.8, 4) is 5.75 Å². The van der Waals surface area contributed by atoms with Gasteiger partial charge in [-0.2, -0.15) is 0 Å². The molecule has 0 saturated carbocycles. The zero-order chi connectivity index (χ0) is 24.7. The molecule has 1 N–H and O–H groups in total. The predicted molar refractivity (Wildman–Crippen MR) is 131 cm³/mol. The van der Waals surface area contributed by atoms with Crippen molar-refractivity contribution in [1.82, 2.24) is 9.88 Å². The van der Waals surface area contributed by atoms with E-state index in [1.165, 1.54) is 6.26 Å². The third-order valence-corrected chi connectivity index (χ3v) is 7.92. The first-order valence-electron chi connectivity index (χ1n) is 11.6. The van der Waals surface area contributed by atoms with Crippen LogP contribution in [0, 0.1) is 11.3 Å². The molecule has 0 spiro atoms. The van der Waals surface area contributed by atoms with E-state index in [0.29, 0.717) is 23.8 Å². The Kier molecular flexibility index (Phi) is 6.50. The molecule has 1 aromatic heterocycles. The van der Waals surface area contributed by atoms with Crippen LogP contribution in [0.3, 0.4) is 0 Å². The van der Waals surface area contributed by atoms with Crippen molar-refractivity contribution in [2.45, 2.75) is 51.0 Å². The van der Waals surface area contributed by atoms with E-state index in [1.54, 1.807) is 23.2 Å². The first kappa shape index (κ1) is 24.3. The standard InChI is InChI=1S/C25H33N3O5S/c1-25(2,3)22-13-17(9-11-28(22)24(29)30)16-33-19-5-8-23(26-15-19)27-12-10-18-14-20(34(4,31)32)6-7-21(18)27/h5-8,14-15,17,22H,9-13,16H2,1-4H3,(H,29,30). The fraction of sp³-hybridized carbons (Fsp3) is 0.520. The minimum Gasteiger partial charge on any atom is -0.492 e. The van der Waals surface area contributed by atoms with Gasteiger partial charge in [0, 0.05) is 31.1 Å². The highest BCUT2D eigenvalue weighted by Gasteiger charge is 2.38. The number of fused-ring (bicyclic) bond motifs is 1. The zero-order valence-corrected chi connectivity index (χ0v) is 21.0. The van der Waals surface area contributed by atoms with E-state index in [4.69, 9.17) is 4.74 Å². The van der Waals surface area contributed by atoms with Crippen LogP contribution >= 0.6 is 0 Å². The Morgan fingerprint density at radius 1 is 1.21 bits per heavy atom. The van der Waals surface area contributed by atoms with Crippen molar-refractivity contribution >= 4 is 27.4 Å².